The first kappa shape index (κ1) is 11.5. The molecular weight excluding hydrogens is 194 g/mol. The van der Waals surface area contributed by atoms with E-state index in [1.807, 2.05) is 6.92 Å². The monoisotopic (exact) mass is 213 g/mol. The zero-order valence-corrected chi connectivity index (χ0v) is 10.0. The molecule has 0 saturated heterocycles. The van der Waals surface area contributed by atoms with Gasteiger partial charge in [-0.1, -0.05) is 6.92 Å². The van der Waals surface area contributed by atoms with Gasteiger partial charge in [-0.05, 0) is 20.3 Å². The Morgan fingerprint density at radius 3 is 2.57 bits per heavy atom. The van der Waals surface area contributed by atoms with Gasteiger partial charge in [0.15, 0.2) is 5.13 Å². The summed E-state index contributed by atoms with van der Waals surface area (Å²) in [5.41, 5.74) is 6.72. The Hall–Kier alpha value is -0.610. The Kier molecular flexibility index (Phi) is 4.35. The van der Waals surface area contributed by atoms with Gasteiger partial charge in [-0.3, -0.25) is 0 Å². The van der Waals surface area contributed by atoms with Crippen molar-refractivity contribution in [3.63, 3.8) is 0 Å². The molecule has 1 heterocycles. The van der Waals surface area contributed by atoms with Crippen molar-refractivity contribution in [3.8, 4) is 0 Å². The third-order valence-electron chi connectivity index (χ3n) is 2.21. The van der Waals surface area contributed by atoms with Gasteiger partial charge in [0.2, 0.25) is 0 Å². The minimum absolute atomic E-state index is 0.604. The van der Waals surface area contributed by atoms with E-state index < -0.39 is 0 Å². The first-order valence-electron chi connectivity index (χ1n) is 5.14. The number of hydrogen-bond donors (Lipinski definition) is 1. The van der Waals surface area contributed by atoms with Crippen molar-refractivity contribution in [2.45, 2.75) is 33.7 Å². The number of rotatable bonds is 5. The molecule has 1 rings (SSSR count). The molecule has 80 valence electrons. The first-order chi connectivity index (χ1) is 6.72. The molecule has 2 N–H and O–H groups in total. The van der Waals surface area contributed by atoms with E-state index in [2.05, 4.69) is 23.7 Å². The molecule has 0 unspecified atom stereocenters. The second kappa shape index (κ2) is 5.32. The maximum absolute atomic E-state index is 5.63. The second-order valence-electron chi connectivity index (χ2n) is 3.29. The molecule has 1 aromatic rings. The number of hydrogen-bond acceptors (Lipinski definition) is 4. The Morgan fingerprint density at radius 1 is 1.43 bits per heavy atom. The maximum Gasteiger partial charge on any atom is 0.185 e. The van der Waals surface area contributed by atoms with Gasteiger partial charge in [-0.2, -0.15) is 0 Å². The van der Waals surface area contributed by atoms with Crippen molar-refractivity contribution in [3.05, 3.63) is 10.6 Å². The lowest BCUT2D eigenvalue weighted by Gasteiger charge is -2.18. The molecule has 14 heavy (non-hydrogen) atoms. The van der Waals surface area contributed by atoms with Crippen LogP contribution in [-0.2, 0) is 6.54 Å². The molecule has 0 aromatic carbocycles. The predicted octanol–water partition coefficient (Wildman–Crippen LogP) is 2.15. The molecule has 0 radical (unpaired) electrons. The van der Waals surface area contributed by atoms with Crippen molar-refractivity contribution in [2.24, 2.45) is 5.73 Å². The average molecular weight is 213 g/mol. The first-order valence-corrected chi connectivity index (χ1v) is 5.95. The third kappa shape index (κ3) is 2.45. The van der Waals surface area contributed by atoms with Gasteiger partial charge in [0.05, 0.1) is 5.69 Å². The smallest absolute Gasteiger partial charge is 0.185 e. The van der Waals surface area contributed by atoms with Crippen molar-refractivity contribution in [2.75, 3.05) is 18.0 Å². The van der Waals surface area contributed by atoms with Crippen LogP contribution in [0.4, 0.5) is 5.13 Å². The van der Waals surface area contributed by atoms with E-state index in [4.69, 9.17) is 5.73 Å². The molecule has 0 aliphatic carbocycles. The molecule has 1 aromatic heterocycles. The molecular formula is C10H19N3S. The van der Waals surface area contributed by atoms with Crippen LogP contribution < -0.4 is 10.6 Å². The van der Waals surface area contributed by atoms with Gasteiger partial charge in [0, 0.05) is 24.5 Å². The summed E-state index contributed by atoms with van der Waals surface area (Å²) >= 11 is 1.72. The lowest BCUT2D eigenvalue weighted by molar-refractivity contribution is 0.786. The zero-order chi connectivity index (χ0) is 10.6. The molecule has 0 spiro atoms. The van der Waals surface area contributed by atoms with Crippen LogP contribution in [0.3, 0.4) is 0 Å². The topological polar surface area (TPSA) is 42.2 Å². The molecule has 3 nitrogen and oxygen atoms in total. The number of anilines is 1. The highest BCUT2D eigenvalue weighted by Crippen LogP contribution is 2.25. The summed E-state index contributed by atoms with van der Waals surface area (Å²) in [6, 6.07) is 0. The maximum atomic E-state index is 5.63. The zero-order valence-electron chi connectivity index (χ0n) is 9.21. The van der Waals surface area contributed by atoms with E-state index in [9.17, 15) is 0 Å². The van der Waals surface area contributed by atoms with Gasteiger partial charge in [0.1, 0.15) is 0 Å². The van der Waals surface area contributed by atoms with E-state index in [-0.39, 0.29) is 0 Å². The van der Waals surface area contributed by atoms with Crippen molar-refractivity contribution >= 4 is 16.5 Å². The summed E-state index contributed by atoms with van der Waals surface area (Å²) < 4.78 is 0. The van der Waals surface area contributed by atoms with Gasteiger partial charge < -0.3 is 10.6 Å². The summed E-state index contributed by atoms with van der Waals surface area (Å²) in [5.74, 6) is 0. The van der Waals surface area contributed by atoms with Crippen molar-refractivity contribution in [1.29, 1.82) is 0 Å². The fourth-order valence-electron chi connectivity index (χ4n) is 1.40. The van der Waals surface area contributed by atoms with Crippen LogP contribution in [-0.4, -0.2) is 18.1 Å². The van der Waals surface area contributed by atoms with E-state index >= 15 is 0 Å². The molecule has 0 amide bonds. The highest BCUT2D eigenvalue weighted by molar-refractivity contribution is 7.15. The Labute approximate surface area is 89.9 Å². The average Bonchev–Trinajstić information content (AvgIpc) is 2.56. The Balaban J connectivity index is 2.82. The normalized spacial score (nSPS) is 10.6. The van der Waals surface area contributed by atoms with E-state index in [0.717, 1.165) is 30.3 Å². The fourth-order valence-corrected chi connectivity index (χ4v) is 2.43. The van der Waals surface area contributed by atoms with E-state index in [0.29, 0.717) is 6.54 Å². The predicted molar refractivity (Wildman–Crippen MR) is 62.9 cm³/mol. The lowest BCUT2D eigenvalue weighted by atomic mass is 10.4. The van der Waals surface area contributed by atoms with Crippen LogP contribution in [0.2, 0.25) is 0 Å². The Morgan fingerprint density at radius 2 is 2.14 bits per heavy atom. The number of nitrogens with zero attached hydrogens (tertiary/aromatic N) is 2. The fraction of sp³-hybridized carbons (Fsp3) is 0.700. The molecule has 0 aliphatic heterocycles. The summed E-state index contributed by atoms with van der Waals surface area (Å²) in [4.78, 5) is 8.04. The van der Waals surface area contributed by atoms with E-state index in [1.54, 1.807) is 11.3 Å². The van der Waals surface area contributed by atoms with Crippen LogP contribution in [0.5, 0.6) is 0 Å². The molecule has 0 bridgehead atoms. The SMILES string of the molecule is CCCN(CC)c1nc(C)c(CN)s1. The summed E-state index contributed by atoms with van der Waals surface area (Å²) in [6.07, 6.45) is 1.16. The van der Waals surface area contributed by atoms with Crippen LogP contribution in [0.1, 0.15) is 30.8 Å². The molecule has 0 saturated carbocycles. The van der Waals surface area contributed by atoms with Crippen molar-refractivity contribution < 1.29 is 0 Å². The van der Waals surface area contributed by atoms with Gasteiger partial charge in [-0.25, -0.2) is 4.98 Å². The lowest BCUT2D eigenvalue weighted by Crippen LogP contribution is -2.23. The minimum Gasteiger partial charge on any atom is -0.348 e. The second-order valence-corrected chi connectivity index (χ2v) is 4.35. The van der Waals surface area contributed by atoms with Crippen LogP contribution >= 0.6 is 11.3 Å². The summed E-state index contributed by atoms with van der Waals surface area (Å²) in [6.45, 7) is 9.08. The van der Waals surface area contributed by atoms with Crippen LogP contribution in [0.25, 0.3) is 0 Å². The molecule has 0 aliphatic rings. The number of nitrogens with two attached hydrogens (primary N) is 1. The number of thiazole rings is 1. The molecule has 0 atom stereocenters. The van der Waals surface area contributed by atoms with Crippen LogP contribution in [0, 0.1) is 6.92 Å². The largest absolute Gasteiger partial charge is 0.348 e. The molecule has 4 heteroatoms. The van der Waals surface area contributed by atoms with Gasteiger partial charge >= 0.3 is 0 Å². The number of aromatic nitrogens is 1. The highest BCUT2D eigenvalue weighted by atomic mass is 32.1. The molecule has 0 fully saturated rings. The highest BCUT2D eigenvalue weighted by Gasteiger charge is 2.10. The summed E-state index contributed by atoms with van der Waals surface area (Å²) in [5, 5.41) is 1.12. The van der Waals surface area contributed by atoms with Gasteiger partial charge in [0.25, 0.3) is 0 Å². The minimum atomic E-state index is 0.604. The summed E-state index contributed by atoms with van der Waals surface area (Å²) in [7, 11) is 0. The standard InChI is InChI=1S/C10H19N3S/c1-4-6-13(5-2)10-12-8(3)9(7-11)14-10/h4-7,11H2,1-3H3. The number of aryl methyl sites for hydroxylation is 1. The Bertz CT molecular complexity index is 283. The van der Waals surface area contributed by atoms with Crippen LogP contribution in [0.15, 0.2) is 0 Å². The quantitative estimate of drug-likeness (QED) is 0.815. The third-order valence-corrected chi connectivity index (χ3v) is 3.45. The van der Waals surface area contributed by atoms with Crippen molar-refractivity contribution in [1.82, 2.24) is 4.98 Å². The van der Waals surface area contributed by atoms with E-state index in [1.165, 1.54) is 4.88 Å². The van der Waals surface area contributed by atoms with Gasteiger partial charge in [-0.15, -0.1) is 11.3 Å².